The minimum absolute atomic E-state index is 0.121. The van der Waals surface area contributed by atoms with Crippen LogP contribution in [0.5, 0.6) is 5.75 Å². The van der Waals surface area contributed by atoms with E-state index in [-0.39, 0.29) is 17.3 Å². The molecule has 0 saturated heterocycles. The molecule has 2 N–H and O–H groups in total. The maximum Gasteiger partial charge on any atom is 0.358 e. The predicted molar refractivity (Wildman–Crippen MR) is 79.2 cm³/mol. The molecule has 0 radical (unpaired) electrons. The van der Waals surface area contributed by atoms with Crippen LogP contribution in [-0.4, -0.2) is 25.6 Å². The van der Waals surface area contributed by atoms with Crippen molar-refractivity contribution in [2.45, 2.75) is 6.92 Å². The quantitative estimate of drug-likeness (QED) is 0.723. The first-order valence-electron chi connectivity index (χ1n) is 6.47. The third kappa shape index (κ3) is 2.51. The first-order chi connectivity index (χ1) is 10.5. The van der Waals surface area contributed by atoms with Gasteiger partial charge < -0.3 is 10.2 Å². The Balaban J connectivity index is 2.10. The van der Waals surface area contributed by atoms with Crippen molar-refractivity contribution >= 4 is 23.1 Å². The fourth-order valence-electron chi connectivity index (χ4n) is 2.00. The van der Waals surface area contributed by atoms with Crippen LogP contribution in [0.15, 0.2) is 52.8 Å². The van der Waals surface area contributed by atoms with Gasteiger partial charge in [0.25, 0.3) is 0 Å². The van der Waals surface area contributed by atoms with Gasteiger partial charge in [0.2, 0.25) is 0 Å². The van der Waals surface area contributed by atoms with Crippen molar-refractivity contribution in [1.82, 2.24) is 9.38 Å². The predicted octanol–water partition coefficient (Wildman–Crippen LogP) is 3.46. The summed E-state index contributed by atoms with van der Waals surface area (Å²) in [5, 5.41) is 26.5. The molecule has 0 spiro atoms. The maximum absolute atomic E-state index is 11.3. The number of benzene rings is 1. The molecule has 2 aromatic heterocycles. The Hall–Kier alpha value is -3.22. The topological polar surface area (TPSA) is 99.6 Å². The molecule has 0 unspecified atom stereocenters. The van der Waals surface area contributed by atoms with E-state index in [2.05, 4.69) is 15.2 Å². The summed E-state index contributed by atoms with van der Waals surface area (Å²) in [5.41, 5.74) is 1.80. The number of aromatic nitrogens is 2. The molecule has 0 fully saturated rings. The van der Waals surface area contributed by atoms with E-state index in [1.54, 1.807) is 28.8 Å². The number of phenols is 1. The molecule has 0 aliphatic heterocycles. The number of hydrogen-bond donors (Lipinski definition) is 2. The van der Waals surface area contributed by atoms with Crippen molar-refractivity contribution in [3.8, 4) is 5.75 Å². The Bertz CT molecular complexity index is 882. The number of aryl methyl sites for hydroxylation is 1. The maximum atomic E-state index is 11.3. The number of carbonyl (C=O) groups is 1. The van der Waals surface area contributed by atoms with Crippen LogP contribution >= 0.6 is 0 Å². The summed E-state index contributed by atoms with van der Waals surface area (Å²) in [5.74, 6) is -0.896. The molecule has 7 nitrogen and oxygen atoms in total. The van der Waals surface area contributed by atoms with E-state index in [9.17, 15) is 15.0 Å². The van der Waals surface area contributed by atoms with Gasteiger partial charge in [-0.2, -0.15) is 0 Å². The van der Waals surface area contributed by atoms with Crippen LogP contribution < -0.4 is 0 Å². The number of aromatic hydroxyl groups is 1. The van der Waals surface area contributed by atoms with Gasteiger partial charge in [-0.3, -0.25) is 4.40 Å². The van der Waals surface area contributed by atoms with Gasteiger partial charge in [-0.1, -0.05) is 0 Å². The number of carboxylic acid groups (broad SMARTS) is 1. The smallest absolute Gasteiger partial charge is 0.358 e. The molecule has 0 atom stereocenters. The summed E-state index contributed by atoms with van der Waals surface area (Å²) in [6, 6.07) is 9.71. The SMILES string of the molecule is Cc1ccn2c(N=Nc3ccc(O)cc3)c(C(=O)O)nc2c1. The van der Waals surface area contributed by atoms with Crippen LogP contribution in [-0.2, 0) is 0 Å². The molecule has 0 aliphatic rings. The van der Waals surface area contributed by atoms with Crippen molar-refractivity contribution in [2.24, 2.45) is 10.2 Å². The third-order valence-electron chi connectivity index (χ3n) is 3.07. The van der Waals surface area contributed by atoms with Crippen molar-refractivity contribution < 1.29 is 15.0 Å². The van der Waals surface area contributed by atoms with E-state index in [4.69, 9.17) is 0 Å². The van der Waals surface area contributed by atoms with Crippen molar-refractivity contribution in [3.63, 3.8) is 0 Å². The van der Waals surface area contributed by atoms with Gasteiger partial charge in [0.15, 0.2) is 11.5 Å². The van der Waals surface area contributed by atoms with Crippen LogP contribution in [0.4, 0.5) is 11.5 Å². The second-order valence-corrected chi connectivity index (χ2v) is 4.74. The zero-order chi connectivity index (χ0) is 15.7. The summed E-state index contributed by atoms with van der Waals surface area (Å²) >= 11 is 0. The van der Waals surface area contributed by atoms with E-state index in [0.717, 1.165) is 5.56 Å². The lowest BCUT2D eigenvalue weighted by Crippen LogP contribution is -1.96. The van der Waals surface area contributed by atoms with Gasteiger partial charge in [-0.25, -0.2) is 9.78 Å². The lowest BCUT2D eigenvalue weighted by atomic mass is 10.3. The number of azo groups is 1. The monoisotopic (exact) mass is 296 g/mol. The average molecular weight is 296 g/mol. The minimum Gasteiger partial charge on any atom is -0.508 e. The highest BCUT2D eigenvalue weighted by molar-refractivity contribution is 5.91. The number of phenolic OH excluding ortho intramolecular Hbond substituents is 1. The van der Waals surface area contributed by atoms with Gasteiger partial charge in [0.05, 0.1) is 5.69 Å². The number of fused-ring (bicyclic) bond motifs is 1. The Kier molecular flexibility index (Phi) is 3.30. The van der Waals surface area contributed by atoms with E-state index < -0.39 is 5.97 Å². The normalized spacial score (nSPS) is 11.3. The van der Waals surface area contributed by atoms with Crippen LogP contribution in [0.25, 0.3) is 5.65 Å². The van der Waals surface area contributed by atoms with Crippen LogP contribution in [0.3, 0.4) is 0 Å². The number of aromatic carboxylic acids is 1. The van der Waals surface area contributed by atoms with Crippen molar-refractivity contribution in [2.75, 3.05) is 0 Å². The van der Waals surface area contributed by atoms with Gasteiger partial charge in [0.1, 0.15) is 11.4 Å². The lowest BCUT2D eigenvalue weighted by molar-refractivity contribution is 0.0692. The largest absolute Gasteiger partial charge is 0.508 e. The molecule has 2 heterocycles. The Morgan fingerprint density at radius 2 is 1.91 bits per heavy atom. The Labute approximate surface area is 125 Å². The number of hydrogen-bond acceptors (Lipinski definition) is 5. The fourth-order valence-corrected chi connectivity index (χ4v) is 2.00. The molecule has 0 aliphatic carbocycles. The molecule has 0 saturated carbocycles. The van der Waals surface area contributed by atoms with Crippen LogP contribution in [0.2, 0.25) is 0 Å². The number of imidazole rings is 1. The van der Waals surface area contributed by atoms with Crippen molar-refractivity contribution in [1.29, 1.82) is 0 Å². The highest BCUT2D eigenvalue weighted by Crippen LogP contribution is 2.25. The molecule has 110 valence electrons. The molecule has 22 heavy (non-hydrogen) atoms. The second kappa shape index (κ2) is 5.28. The molecule has 0 amide bonds. The first-order valence-corrected chi connectivity index (χ1v) is 6.47. The summed E-state index contributed by atoms with van der Waals surface area (Å²) in [7, 11) is 0. The van der Waals surface area contributed by atoms with Crippen molar-refractivity contribution in [3.05, 3.63) is 53.9 Å². The number of rotatable bonds is 3. The average Bonchev–Trinajstić information content (AvgIpc) is 2.84. The Morgan fingerprint density at radius 1 is 1.18 bits per heavy atom. The molecular formula is C15H12N4O3. The number of nitrogens with zero attached hydrogens (tertiary/aromatic N) is 4. The van der Waals surface area contributed by atoms with E-state index in [1.165, 1.54) is 12.1 Å². The lowest BCUT2D eigenvalue weighted by Gasteiger charge is -1.97. The van der Waals surface area contributed by atoms with Crippen LogP contribution in [0, 0.1) is 6.92 Å². The summed E-state index contributed by atoms with van der Waals surface area (Å²) < 4.78 is 1.57. The van der Waals surface area contributed by atoms with Crippen LogP contribution in [0.1, 0.15) is 16.1 Å². The number of pyridine rings is 1. The fraction of sp³-hybridized carbons (Fsp3) is 0.0667. The second-order valence-electron chi connectivity index (χ2n) is 4.74. The summed E-state index contributed by atoms with van der Waals surface area (Å²) in [6.07, 6.45) is 1.70. The Morgan fingerprint density at radius 3 is 2.59 bits per heavy atom. The van der Waals surface area contributed by atoms with E-state index in [0.29, 0.717) is 11.3 Å². The minimum atomic E-state index is -1.17. The molecule has 0 bridgehead atoms. The molecule has 7 heteroatoms. The van der Waals surface area contributed by atoms with E-state index in [1.807, 2.05) is 13.0 Å². The van der Waals surface area contributed by atoms with E-state index >= 15 is 0 Å². The highest BCUT2D eigenvalue weighted by Gasteiger charge is 2.18. The first kappa shape index (κ1) is 13.7. The standard InChI is InChI=1S/C15H12N4O3/c1-9-6-7-19-12(8-9)16-13(15(21)22)14(19)18-17-10-2-4-11(20)5-3-10/h2-8,20H,1H3,(H,21,22). The third-order valence-corrected chi connectivity index (χ3v) is 3.07. The van der Waals surface area contributed by atoms with Gasteiger partial charge in [0, 0.05) is 6.20 Å². The molecule has 1 aromatic carbocycles. The summed E-state index contributed by atoms with van der Waals surface area (Å²) in [4.78, 5) is 15.4. The highest BCUT2D eigenvalue weighted by atomic mass is 16.4. The molecule has 3 rings (SSSR count). The zero-order valence-electron chi connectivity index (χ0n) is 11.6. The van der Waals surface area contributed by atoms with Gasteiger partial charge in [-0.15, -0.1) is 10.2 Å². The summed E-state index contributed by atoms with van der Waals surface area (Å²) in [6.45, 7) is 1.90. The zero-order valence-corrected chi connectivity index (χ0v) is 11.6. The molecule has 3 aromatic rings. The van der Waals surface area contributed by atoms with Gasteiger partial charge >= 0.3 is 5.97 Å². The van der Waals surface area contributed by atoms with Gasteiger partial charge in [-0.05, 0) is 48.9 Å². The number of carboxylic acids is 1. The molecular weight excluding hydrogens is 284 g/mol.